The van der Waals surface area contributed by atoms with Gasteiger partial charge in [0.15, 0.2) is 0 Å². The molecule has 0 aromatic carbocycles. The minimum Gasteiger partial charge on any atom is -0.328 e. The van der Waals surface area contributed by atoms with Gasteiger partial charge in [-0.3, -0.25) is 0 Å². The number of hydrogen-bond donors (Lipinski definition) is 0. The van der Waals surface area contributed by atoms with Crippen LogP contribution in [-0.4, -0.2) is 6.18 Å². The minimum atomic E-state index is -3.94. The molecule has 4 heteroatoms. The fourth-order valence-electron chi connectivity index (χ4n) is 0.601. The molecule has 1 aliphatic rings. The average molecular weight is 162 g/mol. The van der Waals surface area contributed by atoms with Crippen molar-refractivity contribution in [2.24, 2.45) is 5.92 Å². The zero-order valence-electron chi connectivity index (χ0n) is 5.20. The van der Waals surface area contributed by atoms with E-state index in [1.165, 1.54) is 0 Å². The van der Waals surface area contributed by atoms with Crippen LogP contribution < -0.4 is 51.4 Å². The molecular weight excluding hydrogens is 156 g/mol. The van der Waals surface area contributed by atoms with Gasteiger partial charge in [0.1, 0.15) is 0 Å². The first kappa shape index (κ1) is 10.4. The van der Waals surface area contributed by atoms with Crippen molar-refractivity contribution in [2.45, 2.75) is 19.0 Å². The van der Waals surface area contributed by atoms with E-state index in [0.29, 0.717) is 0 Å². The summed E-state index contributed by atoms with van der Waals surface area (Å²) >= 11 is 0. The molecule has 0 aliphatic heterocycles. The maximum absolute atomic E-state index is 11.5. The normalized spacial score (nSPS) is 20.3. The second kappa shape index (κ2) is 3.71. The topological polar surface area (TPSA) is 0 Å². The quantitative estimate of drug-likeness (QED) is 0.322. The molecule has 0 N–H and O–H groups in total. The number of halogens is 3. The van der Waals surface area contributed by atoms with E-state index in [2.05, 4.69) is 0 Å². The van der Waals surface area contributed by atoms with E-state index in [4.69, 9.17) is 0 Å². The van der Waals surface area contributed by atoms with Crippen LogP contribution in [0.3, 0.4) is 0 Å². The summed E-state index contributed by atoms with van der Waals surface area (Å²) in [7, 11) is 0. The summed E-state index contributed by atoms with van der Waals surface area (Å²) in [6.07, 6.45) is -1.83. The summed E-state index contributed by atoms with van der Waals surface area (Å²) in [5, 5.41) is 0. The summed E-state index contributed by atoms with van der Waals surface area (Å²) in [5.41, 5.74) is 0. The molecule has 0 radical (unpaired) electrons. The van der Waals surface area contributed by atoms with Gasteiger partial charge in [0.2, 0.25) is 0 Å². The van der Waals surface area contributed by atoms with Crippen LogP contribution in [0.25, 0.3) is 0 Å². The zero-order valence-corrected chi connectivity index (χ0v) is 8.33. The minimum absolute atomic E-state index is 0. The van der Waals surface area contributed by atoms with Crippen molar-refractivity contribution in [2.75, 3.05) is 0 Å². The zero-order chi connectivity index (χ0) is 6.20. The monoisotopic (exact) mass is 162 g/mol. The molecule has 0 heterocycles. The maximum atomic E-state index is 11.5. The van der Waals surface area contributed by atoms with Crippen LogP contribution in [0.1, 0.15) is 12.8 Å². The number of hydrogen-bond acceptors (Lipinski definition) is 0. The van der Waals surface area contributed by atoms with Crippen LogP contribution in [0.15, 0.2) is 0 Å². The Bertz CT molecular complexity index is 84.7. The molecule has 0 unspecified atom stereocenters. The summed E-state index contributed by atoms with van der Waals surface area (Å²) in [6, 6.07) is 0. The third kappa shape index (κ3) is 2.88. The number of alkyl halides is 3. The third-order valence-corrected chi connectivity index (χ3v) is 1.37. The van der Waals surface area contributed by atoms with Crippen LogP contribution >= 0.6 is 0 Å². The SMILES string of the molecule is FC(F)(F)C1C[CH-]C1.[K+]. The van der Waals surface area contributed by atoms with E-state index in [1.807, 2.05) is 0 Å². The second-order valence-corrected chi connectivity index (χ2v) is 2.00. The van der Waals surface area contributed by atoms with Crippen molar-refractivity contribution >= 4 is 0 Å². The van der Waals surface area contributed by atoms with E-state index in [-0.39, 0.29) is 64.2 Å². The molecule has 1 rings (SSSR count). The Hall–Kier alpha value is 1.43. The van der Waals surface area contributed by atoms with E-state index < -0.39 is 12.1 Å². The summed E-state index contributed by atoms with van der Waals surface area (Å²) in [4.78, 5) is 0. The molecule has 48 valence electrons. The Labute approximate surface area is 94.6 Å². The Kier molecular flexibility index (Phi) is 4.30. The largest absolute Gasteiger partial charge is 1.00 e. The molecule has 0 aromatic rings. The fourth-order valence-corrected chi connectivity index (χ4v) is 0.601. The van der Waals surface area contributed by atoms with Gasteiger partial charge in [-0.2, -0.15) is 26.0 Å². The fraction of sp³-hybridized carbons (Fsp3) is 0.800. The summed E-state index contributed by atoms with van der Waals surface area (Å²) < 4.78 is 34.4. The summed E-state index contributed by atoms with van der Waals surface area (Å²) in [6.45, 7) is 0. The maximum Gasteiger partial charge on any atom is 1.00 e. The molecule has 0 atom stereocenters. The van der Waals surface area contributed by atoms with Crippen LogP contribution in [0.4, 0.5) is 13.2 Å². The van der Waals surface area contributed by atoms with Gasteiger partial charge in [-0.05, 0) is 0 Å². The van der Waals surface area contributed by atoms with Crippen molar-refractivity contribution < 1.29 is 64.6 Å². The van der Waals surface area contributed by atoms with Gasteiger partial charge < -0.3 is 6.42 Å². The average Bonchev–Trinajstić information content (AvgIpc) is 1.16. The molecule has 0 saturated heterocycles. The molecular formula is C5H6F3K. The van der Waals surface area contributed by atoms with Crippen molar-refractivity contribution in [1.82, 2.24) is 0 Å². The Balaban J connectivity index is 0.000000640. The Morgan fingerprint density at radius 3 is 1.67 bits per heavy atom. The predicted molar refractivity (Wildman–Crippen MR) is 23.1 cm³/mol. The van der Waals surface area contributed by atoms with Crippen LogP contribution in [-0.2, 0) is 0 Å². The molecule has 0 amide bonds. The predicted octanol–water partition coefficient (Wildman–Crippen LogP) is -0.833. The standard InChI is InChI=1S/C5H6F3.K/c6-5(7,8)4-2-1-3-4;/h1,4H,2-3H2;/q-1;+1. The van der Waals surface area contributed by atoms with Gasteiger partial charge in [0.25, 0.3) is 0 Å². The van der Waals surface area contributed by atoms with Crippen LogP contribution in [0.2, 0.25) is 0 Å². The van der Waals surface area contributed by atoms with Crippen molar-refractivity contribution in [3.63, 3.8) is 0 Å². The third-order valence-electron chi connectivity index (χ3n) is 1.37. The van der Waals surface area contributed by atoms with Gasteiger partial charge in [0.05, 0.1) is 0 Å². The van der Waals surface area contributed by atoms with Gasteiger partial charge in [-0.15, -0.1) is 0 Å². The molecule has 0 spiro atoms. The van der Waals surface area contributed by atoms with Crippen molar-refractivity contribution in [1.29, 1.82) is 0 Å². The Morgan fingerprint density at radius 2 is 1.67 bits per heavy atom. The van der Waals surface area contributed by atoms with Crippen molar-refractivity contribution in [3.05, 3.63) is 6.42 Å². The molecule has 0 aromatic heterocycles. The first-order valence-corrected chi connectivity index (χ1v) is 2.49. The van der Waals surface area contributed by atoms with E-state index in [0.717, 1.165) is 0 Å². The van der Waals surface area contributed by atoms with E-state index >= 15 is 0 Å². The van der Waals surface area contributed by atoms with E-state index in [9.17, 15) is 13.2 Å². The van der Waals surface area contributed by atoms with Gasteiger partial charge >= 0.3 is 57.6 Å². The molecule has 0 nitrogen and oxygen atoms in total. The molecule has 0 bridgehead atoms. The van der Waals surface area contributed by atoms with Crippen LogP contribution in [0.5, 0.6) is 0 Å². The van der Waals surface area contributed by atoms with Crippen LogP contribution in [0, 0.1) is 12.3 Å². The van der Waals surface area contributed by atoms with Gasteiger partial charge in [-0.1, -0.05) is 0 Å². The Morgan fingerprint density at radius 1 is 1.22 bits per heavy atom. The first-order valence-electron chi connectivity index (χ1n) is 2.49. The molecule has 1 saturated carbocycles. The molecule has 1 fully saturated rings. The summed E-state index contributed by atoms with van der Waals surface area (Å²) in [5.74, 6) is -1.03. The van der Waals surface area contributed by atoms with Crippen molar-refractivity contribution in [3.8, 4) is 0 Å². The first-order chi connectivity index (χ1) is 3.61. The second-order valence-electron chi connectivity index (χ2n) is 2.00. The van der Waals surface area contributed by atoms with E-state index in [1.54, 1.807) is 6.42 Å². The van der Waals surface area contributed by atoms with Gasteiger partial charge in [-0.25, -0.2) is 0 Å². The molecule has 1 aliphatic carbocycles. The number of rotatable bonds is 0. The smallest absolute Gasteiger partial charge is 0.328 e. The van der Waals surface area contributed by atoms with Gasteiger partial charge in [0, 0.05) is 5.92 Å². The molecule has 9 heavy (non-hydrogen) atoms.